The SMILES string of the molecule is O=C(CN1CCCNCC1)Nc1ccc(CN2CCOCC2)cc1. The van der Waals surface area contributed by atoms with Gasteiger partial charge in [-0.15, -0.1) is 0 Å². The summed E-state index contributed by atoms with van der Waals surface area (Å²) in [4.78, 5) is 16.8. The van der Waals surface area contributed by atoms with E-state index in [9.17, 15) is 4.79 Å². The van der Waals surface area contributed by atoms with Crippen molar-refractivity contribution in [2.75, 3.05) is 64.3 Å². The van der Waals surface area contributed by atoms with Gasteiger partial charge in [0, 0.05) is 38.4 Å². The van der Waals surface area contributed by atoms with E-state index in [0.717, 1.165) is 71.1 Å². The summed E-state index contributed by atoms with van der Waals surface area (Å²) in [5.74, 6) is 0.0674. The van der Waals surface area contributed by atoms with Gasteiger partial charge in [-0.3, -0.25) is 14.6 Å². The number of benzene rings is 1. The molecule has 6 heteroatoms. The molecule has 0 radical (unpaired) electrons. The Morgan fingerprint density at radius 2 is 1.83 bits per heavy atom. The summed E-state index contributed by atoms with van der Waals surface area (Å²) in [6.45, 7) is 8.96. The van der Waals surface area contributed by atoms with Crippen molar-refractivity contribution >= 4 is 11.6 Å². The van der Waals surface area contributed by atoms with Gasteiger partial charge in [-0.1, -0.05) is 12.1 Å². The van der Waals surface area contributed by atoms with Gasteiger partial charge in [0.15, 0.2) is 0 Å². The quantitative estimate of drug-likeness (QED) is 0.833. The minimum absolute atomic E-state index is 0.0674. The van der Waals surface area contributed by atoms with E-state index in [1.807, 2.05) is 12.1 Å². The third kappa shape index (κ3) is 5.56. The van der Waals surface area contributed by atoms with Crippen molar-refractivity contribution in [1.29, 1.82) is 0 Å². The molecule has 3 rings (SSSR count). The molecule has 2 aliphatic heterocycles. The Hall–Kier alpha value is -1.47. The lowest BCUT2D eigenvalue weighted by molar-refractivity contribution is -0.117. The van der Waals surface area contributed by atoms with E-state index >= 15 is 0 Å². The molecule has 0 unspecified atom stereocenters. The Morgan fingerprint density at radius 3 is 2.62 bits per heavy atom. The van der Waals surface area contributed by atoms with Crippen LogP contribution < -0.4 is 10.6 Å². The molecule has 132 valence electrons. The van der Waals surface area contributed by atoms with Gasteiger partial charge in [0.2, 0.25) is 5.91 Å². The zero-order valence-corrected chi connectivity index (χ0v) is 14.3. The normalized spacial score (nSPS) is 20.5. The van der Waals surface area contributed by atoms with E-state index in [1.165, 1.54) is 5.56 Å². The minimum atomic E-state index is 0.0674. The first kappa shape index (κ1) is 17.4. The van der Waals surface area contributed by atoms with Gasteiger partial charge in [0.25, 0.3) is 0 Å². The molecule has 2 saturated heterocycles. The molecule has 0 bridgehead atoms. The molecule has 1 aromatic rings. The van der Waals surface area contributed by atoms with Crippen LogP contribution in [0.2, 0.25) is 0 Å². The molecule has 0 aliphatic carbocycles. The van der Waals surface area contributed by atoms with Gasteiger partial charge in [-0.2, -0.15) is 0 Å². The monoisotopic (exact) mass is 332 g/mol. The molecule has 2 N–H and O–H groups in total. The van der Waals surface area contributed by atoms with Gasteiger partial charge in [0.05, 0.1) is 19.8 Å². The number of ether oxygens (including phenoxy) is 1. The summed E-state index contributed by atoms with van der Waals surface area (Å²) >= 11 is 0. The van der Waals surface area contributed by atoms with Crippen LogP contribution in [0, 0.1) is 0 Å². The van der Waals surface area contributed by atoms with Crippen LogP contribution in [0.25, 0.3) is 0 Å². The second kappa shape index (κ2) is 9.13. The minimum Gasteiger partial charge on any atom is -0.379 e. The highest BCUT2D eigenvalue weighted by Crippen LogP contribution is 2.12. The number of amides is 1. The van der Waals surface area contributed by atoms with Crippen LogP contribution in [0.3, 0.4) is 0 Å². The summed E-state index contributed by atoms with van der Waals surface area (Å²) in [5, 5.41) is 6.36. The predicted molar refractivity (Wildman–Crippen MR) is 95.1 cm³/mol. The number of carbonyl (C=O) groups is 1. The lowest BCUT2D eigenvalue weighted by Crippen LogP contribution is -2.36. The Labute approximate surface area is 144 Å². The number of hydrogen-bond donors (Lipinski definition) is 2. The molecule has 2 fully saturated rings. The third-order valence-corrected chi connectivity index (χ3v) is 4.55. The standard InChI is InChI=1S/C18H28N4O2/c23-18(15-21-8-1-6-19-7-9-21)20-17-4-2-16(3-5-17)14-22-10-12-24-13-11-22/h2-5,19H,1,6-15H2,(H,20,23). The molecule has 24 heavy (non-hydrogen) atoms. The number of nitrogens with zero attached hydrogens (tertiary/aromatic N) is 2. The van der Waals surface area contributed by atoms with Crippen LogP contribution in [0.15, 0.2) is 24.3 Å². The van der Waals surface area contributed by atoms with Crippen molar-refractivity contribution in [2.45, 2.75) is 13.0 Å². The summed E-state index contributed by atoms with van der Waals surface area (Å²) in [5.41, 5.74) is 2.15. The van der Waals surface area contributed by atoms with Crippen LogP contribution in [0.5, 0.6) is 0 Å². The van der Waals surface area contributed by atoms with Gasteiger partial charge in [-0.05, 0) is 37.2 Å². The fourth-order valence-corrected chi connectivity index (χ4v) is 3.17. The molecular weight excluding hydrogens is 304 g/mol. The number of hydrogen-bond acceptors (Lipinski definition) is 5. The summed E-state index contributed by atoms with van der Waals surface area (Å²) in [6.07, 6.45) is 1.10. The Balaban J connectivity index is 1.45. The Bertz CT molecular complexity index is 506. The van der Waals surface area contributed by atoms with Gasteiger partial charge >= 0.3 is 0 Å². The van der Waals surface area contributed by atoms with Crippen molar-refractivity contribution in [2.24, 2.45) is 0 Å². The van der Waals surface area contributed by atoms with E-state index in [2.05, 4.69) is 32.6 Å². The maximum absolute atomic E-state index is 12.2. The van der Waals surface area contributed by atoms with Crippen molar-refractivity contribution in [3.63, 3.8) is 0 Å². The number of carbonyl (C=O) groups excluding carboxylic acids is 1. The number of morpholine rings is 1. The van der Waals surface area contributed by atoms with Crippen LogP contribution in [-0.2, 0) is 16.1 Å². The molecular formula is C18H28N4O2. The van der Waals surface area contributed by atoms with Crippen LogP contribution in [-0.4, -0.2) is 74.7 Å². The van der Waals surface area contributed by atoms with Crippen molar-refractivity contribution in [3.05, 3.63) is 29.8 Å². The van der Waals surface area contributed by atoms with E-state index in [0.29, 0.717) is 6.54 Å². The first-order valence-corrected chi connectivity index (χ1v) is 8.91. The maximum Gasteiger partial charge on any atom is 0.238 e. The summed E-state index contributed by atoms with van der Waals surface area (Å²) in [7, 11) is 0. The molecule has 2 heterocycles. The molecule has 6 nitrogen and oxygen atoms in total. The summed E-state index contributed by atoms with van der Waals surface area (Å²) < 4.78 is 5.37. The number of anilines is 1. The smallest absolute Gasteiger partial charge is 0.238 e. The lowest BCUT2D eigenvalue weighted by Gasteiger charge is -2.26. The molecule has 0 spiro atoms. The van der Waals surface area contributed by atoms with E-state index in [-0.39, 0.29) is 5.91 Å². The predicted octanol–water partition coefficient (Wildman–Crippen LogP) is 0.753. The third-order valence-electron chi connectivity index (χ3n) is 4.55. The van der Waals surface area contributed by atoms with Gasteiger partial charge in [0.1, 0.15) is 0 Å². The molecule has 0 saturated carbocycles. The topological polar surface area (TPSA) is 56.8 Å². The average molecular weight is 332 g/mol. The van der Waals surface area contributed by atoms with Crippen LogP contribution in [0.4, 0.5) is 5.69 Å². The Kier molecular flexibility index (Phi) is 6.60. The van der Waals surface area contributed by atoms with Crippen molar-refractivity contribution < 1.29 is 9.53 Å². The first-order chi connectivity index (χ1) is 11.8. The van der Waals surface area contributed by atoms with Gasteiger partial charge in [-0.25, -0.2) is 0 Å². The zero-order chi connectivity index (χ0) is 16.6. The van der Waals surface area contributed by atoms with Crippen molar-refractivity contribution in [1.82, 2.24) is 15.1 Å². The second-order valence-corrected chi connectivity index (χ2v) is 6.51. The summed E-state index contributed by atoms with van der Waals surface area (Å²) in [6, 6.07) is 8.19. The Morgan fingerprint density at radius 1 is 1.04 bits per heavy atom. The van der Waals surface area contributed by atoms with E-state index in [1.54, 1.807) is 0 Å². The highest BCUT2D eigenvalue weighted by atomic mass is 16.5. The second-order valence-electron chi connectivity index (χ2n) is 6.51. The fraction of sp³-hybridized carbons (Fsp3) is 0.611. The van der Waals surface area contributed by atoms with E-state index < -0.39 is 0 Å². The molecule has 2 aliphatic rings. The molecule has 0 atom stereocenters. The lowest BCUT2D eigenvalue weighted by atomic mass is 10.2. The average Bonchev–Trinajstić information content (AvgIpc) is 2.86. The molecule has 0 aromatic heterocycles. The number of nitrogens with one attached hydrogen (secondary N) is 2. The first-order valence-electron chi connectivity index (χ1n) is 8.91. The fourth-order valence-electron chi connectivity index (χ4n) is 3.17. The molecule has 1 aromatic carbocycles. The highest BCUT2D eigenvalue weighted by Gasteiger charge is 2.13. The van der Waals surface area contributed by atoms with Crippen LogP contribution >= 0.6 is 0 Å². The van der Waals surface area contributed by atoms with E-state index in [4.69, 9.17) is 4.74 Å². The van der Waals surface area contributed by atoms with Gasteiger partial charge < -0.3 is 15.4 Å². The van der Waals surface area contributed by atoms with Crippen molar-refractivity contribution in [3.8, 4) is 0 Å². The molecule has 1 amide bonds. The zero-order valence-electron chi connectivity index (χ0n) is 14.3. The maximum atomic E-state index is 12.2. The highest BCUT2D eigenvalue weighted by molar-refractivity contribution is 5.92. The van der Waals surface area contributed by atoms with Crippen LogP contribution in [0.1, 0.15) is 12.0 Å². The largest absolute Gasteiger partial charge is 0.379 e. The number of rotatable bonds is 5.